The molecular weight excluding hydrogens is 502 g/mol. The molecule has 5 rings (SSSR count). The van der Waals surface area contributed by atoms with Crippen LogP contribution in [0.2, 0.25) is 0 Å². The predicted molar refractivity (Wildman–Crippen MR) is 130 cm³/mol. The van der Waals surface area contributed by atoms with Crippen molar-refractivity contribution in [3.05, 3.63) is 51.9 Å². The molecule has 176 valence electrons. The van der Waals surface area contributed by atoms with Crippen LogP contribution in [0.4, 0.5) is 5.82 Å². The first-order chi connectivity index (χ1) is 16.6. The third-order valence-electron chi connectivity index (χ3n) is 5.85. The summed E-state index contributed by atoms with van der Waals surface area (Å²) in [6, 6.07) is 7.50. The summed E-state index contributed by atoms with van der Waals surface area (Å²) >= 11 is 3.46. The first-order valence-electron chi connectivity index (χ1n) is 11.3. The molecule has 3 aromatic heterocycles. The third kappa shape index (κ3) is 4.04. The van der Waals surface area contributed by atoms with Crippen LogP contribution < -0.4 is 10.3 Å². The number of benzene rings is 1. The Morgan fingerprint density at radius 3 is 2.85 bits per heavy atom. The van der Waals surface area contributed by atoms with Gasteiger partial charge in [0.15, 0.2) is 0 Å². The lowest BCUT2D eigenvalue weighted by molar-refractivity contribution is 0.377. The number of halogens is 1. The molecule has 0 atom stereocenters. The maximum atomic E-state index is 13.3. The molecule has 0 amide bonds. The molecule has 0 N–H and O–H groups in total. The fourth-order valence-corrected chi connectivity index (χ4v) is 4.61. The van der Waals surface area contributed by atoms with E-state index < -0.39 is 0 Å². The molecule has 10 nitrogen and oxygen atoms in total. The van der Waals surface area contributed by atoms with Gasteiger partial charge in [-0.3, -0.25) is 9.36 Å². The molecule has 4 aromatic rings. The summed E-state index contributed by atoms with van der Waals surface area (Å²) in [7, 11) is 1.60. The number of hydrogen-bond acceptors (Lipinski definition) is 8. The second kappa shape index (κ2) is 9.49. The highest BCUT2D eigenvalue weighted by molar-refractivity contribution is 9.18. The number of aryl methyl sites for hydroxylation is 3. The third-order valence-corrected chi connectivity index (χ3v) is 6.31. The SMILES string of the molecule is CCCCCn1c2c(c(=O)n3c(CCc4nc(-c5ccccc5OC)no4)nnc13)CC(Br)=N2. The number of ether oxygens (including phenoxy) is 1. The maximum Gasteiger partial charge on any atom is 0.266 e. The lowest BCUT2D eigenvalue weighted by Crippen LogP contribution is -2.24. The lowest BCUT2D eigenvalue weighted by atomic mass is 10.2. The maximum absolute atomic E-state index is 13.3. The number of aromatic nitrogens is 6. The van der Waals surface area contributed by atoms with E-state index in [9.17, 15) is 4.79 Å². The molecule has 4 heterocycles. The van der Waals surface area contributed by atoms with Gasteiger partial charge in [-0.15, -0.1) is 10.2 Å². The van der Waals surface area contributed by atoms with Crippen molar-refractivity contribution in [2.75, 3.05) is 7.11 Å². The van der Waals surface area contributed by atoms with Crippen molar-refractivity contribution in [1.29, 1.82) is 0 Å². The zero-order valence-electron chi connectivity index (χ0n) is 19.0. The van der Waals surface area contributed by atoms with Crippen molar-refractivity contribution in [2.45, 2.75) is 52.0 Å². The number of unbranched alkanes of at least 4 members (excludes halogenated alkanes) is 2. The van der Waals surface area contributed by atoms with Crippen LogP contribution in [0.3, 0.4) is 0 Å². The number of rotatable bonds is 9. The van der Waals surface area contributed by atoms with Crippen LogP contribution in [0.25, 0.3) is 17.2 Å². The zero-order chi connectivity index (χ0) is 23.7. The van der Waals surface area contributed by atoms with Crippen molar-refractivity contribution >= 4 is 32.1 Å². The van der Waals surface area contributed by atoms with Crippen LogP contribution >= 0.6 is 15.9 Å². The molecule has 0 saturated carbocycles. The van der Waals surface area contributed by atoms with Crippen LogP contribution in [0.5, 0.6) is 5.75 Å². The summed E-state index contributed by atoms with van der Waals surface area (Å²) in [5.74, 6) is 3.33. The number of nitrogens with zero attached hydrogens (tertiary/aromatic N) is 7. The fourth-order valence-electron chi connectivity index (χ4n) is 4.16. The van der Waals surface area contributed by atoms with Crippen molar-refractivity contribution in [3.8, 4) is 17.1 Å². The molecule has 1 aliphatic rings. The van der Waals surface area contributed by atoms with Crippen molar-refractivity contribution < 1.29 is 9.26 Å². The van der Waals surface area contributed by atoms with Gasteiger partial charge >= 0.3 is 0 Å². The van der Waals surface area contributed by atoms with Gasteiger partial charge in [0, 0.05) is 25.8 Å². The van der Waals surface area contributed by atoms with Gasteiger partial charge in [0.2, 0.25) is 17.5 Å². The van der Waals surface area contributed by atoms with Crippen molar-refractivity contribution in [3.63, 3.8) is 0 Å². The highest BCUT2D eigenvalue weighted by Crippen LogP contribution is 2.29. The van der Waals surface area contributed by atoms with Crippen LogP contribution in [0, 0.1) is 0 Å². The highest BCUT2D eigenvalue weighted by Gasteiger charge is 2.25. The monoisotopic (exact) mass is 525 g/mol. The smallest absolute Gasteiger partial charge is 0.266 e. The Balaban J connectivity index is 1.44. The summed E-state index contributed by atoms with van der Waals surface area (Å²) in [6.45, 7) is 2.89. The van der Waals surface area contributed by atoms with E-state index >= 15 is 0 Å². The van der Waals surface area contributed by atoms with Crippen LogP contribution in [-0.2, 0) is 25.8 Å². The first kappa shape index (κ1) is 22.5. The second-order valence-corrected chi connectivity index (χ2v) is 9.01. The molecule has 0 spiro atoms. The Morgan fingerprint density at radius 2 is 2.03 bits per heavy atom. The summed E-state index contributed by atoms with van der Waals surface area (Å²) < 4.78 is 15.2. The van der Waals surface area contributed by atoms with Gasteiger partial charge in [0.25, 0.3) is 5.56 Å². The van der Waals surface area contributed by atoms with E-state index in [2.05, 4.69) is 48.2 Å². The normalized spacial score (nSPS) is 12.9. The summed E-state index contributed by atoms with van der Waals surface area (Å²) in [5, 5.41) is 12.8. The Morgan fingerprint density at radius 1 is 1.18 bits per heavy atom. The van der Waals surface area contributed by atoms with Gasteiger partial charge in [-0.25, -0.2) is 9.39 Å². The number of para-hydroxylation sites is 1. The van der Waals surface area contributed by atoms with Gasteiger partial charge < -0.3 is 9.26 Å². The summed E-state index contributed by atoms with van der Waals surface area (Å²) in [4.78, 5) is 22.4. The van der Waals surface area contributed by atoms with E-state index in [1.807, 2.05) is 28.8 Å². The minimum absolute atomic E-state index is 0.129. The summed E-state index contributed by atoms with van der Waals surface area (Å²) in [5.41, 5.74) is 1.28. The molecular formula is C23H24BrN7O3. The molecule has 0 aliphatic carbocycles. The van der Waals surface area contributed by atoms with Crippen molar-refractivity contribution in [2.24, 2.45) is 4.99 Å². The molecule has 1 aromatic carbocycles. The average molecular weight is 526 g/mol. The number of fused-ring (bicyclic) bond motifs is 2. The minimum atomic E-state index is -0.129. The Kier molecular flexibility index (Phi) is 6.27. The molecule has 0 fully saturated rings. The standard InChI is InChI=1S/C23H24BrN7O3/c1-3-4-7-12-30-21-15(13-17(24)25-21)22(32)31-18(27-28-23(30)31)10-11-19-26-20(29-34-19)14-8-5-6-9-16(14)33-2/h5-6,8-9H,3-4,7,10-13H2,1-2H3. The quantitative estimate of drug-likeness (QED) is 0.304. The van der Waals surface area contributed by atoms with E-state index in [1.165, 1.54) is 0 Å². The van der Waals surface area contributed by atoms with E-state index in [-0.39, 0.29) is 5.56 Å². The average Bonchev–Trinajstić information content (AvgIpc) is 3.58. The number of aliphatic imine (C=N–C) groups is 1. The largest absolute Gasteiger partial charge is 0.496 e. The molecule has 0 saturated heterocycles. The molecule has 0 radical (unpaired) electrons. The van der Waals surface area contributed by atoms with Gasteiger partial charge in [0.1, 0.15) is 17.4 Å². The second-order valence-electron chi connectivity index (χ2n) is 8.09. The van der Waals surface area contributed by atoms with Crippen LogP contribution in [-0.4, -0.2) is 41.0 Å². The zero-order valence-corrected chi connectivity index (χ0v) is 20.6. The Bertz CT molecular complexity index is 1440. The van der Waals surface area contributed by atoms with E-state index in [0.29, 0.717) is 59.7 Å². The van der Waals surface area contributed by atoms with Crippen LogP contribution in [0.1, 0.15) is 43.5 Å². The number of methoxy groups -OCH3 is 1. The Hall–Kier alpha value is -3.34. The van der Waals surface area contributed by atoms with Gasteiger partial charge in [-0.2, -0.15) is 4.98 Å². The van der Waals surface area contributed by atoms with E-state index in [1.54, 1.807) is 11.5 Å². The summed E-state index contributed by atoms with van der Waals surface area (Å²) in [6.07, 6.45) is 4.50. The number of hydrogen-bond donors (Lipinski definition) is 0. The van der Waals surface area contributed by atoms with E-state index in [0.717, 1.165) is 36.0 Å². The predicted octanol–water partition coefficient (Wildman–Crippen LogP) is 3.91. The van der Waals surface area contributed by atoms with Gasteiger partial charge in [-0.1, -0.05) is 37.1 Å². The minimum Gasteiger partial charge on any atom is -0.496 e. The molecule has 0 unspecified atom stereocenters. The molecule has 11 heteroatoms. The molecule has 34 heavy (non-hydrogen) atoms. The van der Waals surface area contributed by atoms with Gasteiger partial charge in [-0.05, 0) is 34.5 Å². The van der Waals surface area contributed by atoms with Crippen molar-refractivity contribution in [1.82, 2.24) is 29.3 Å². The van der Waals surface area contributed by atoms with E-state index in [4.69, 9.17) is 9.26 Å². The first-order valence-corrected chi connectivity index (χ1v) is 12.1. The van der Waals surface area contributed by atoms with Crippen LogP contribution in [0.15, 0.2) is 38.6 Å². The van der Waals surface area contributed by atoms with Gasteiger partial charge in [0.05, 0.1) is 22.9 Å². The topological polar surface area (TPSA) is 113 Å². The lowest BCUT2D eigenvalue weighted by Gasteiger charge is -2.12. The fraction of sp³-hybridized carbons (Fsp3) is 0.391. The highest BCUT2D eigenvalue weighted by atomic mass is 79.9. The Labute approximate surface area is 203 Å². The molecule has 0 bridgehead atoms. The molecule has 1 aliphatic heterocycles.